The van der Waals surface area contributed by atoms with Gasteiger partial charge in [-0.25, -0.2) is 14.4 Å². The Bertz CT molecular complexity index is 1460. The quantitative estimate of drug-likeness (QED) is 0.325. The average Bonchev–Trinajstić information content (AvgIpc) is 3.63. The van der Waals surface area contributed by atoms with E-state index >= 15 is 0 Å². The van der Waals surface area contributed by atoms with Gasteiger partial charge in [-0.15, -0.1) is 0 Å². The molecule has 0 N–H and O–H groups in total. The maximum Gasteiger partial charge on any atom is 0.273 e. The van der Waals surface area contributed by atoms with E-state index in [-0.39, 0.29) is 17.8 Å². The third-order valence-electron chi connectivity index (χ3n) is 7.12. The fraction of sp³-hybridized carbons (Fsp3) is 0.296. The number of fused-ring (bicyclic) bond motifs is 2. The average molecular weight is 519 g/mol. The standard InChI is InChI=1S/C27H24BrFN4O/c1-15-19-6-4-3-5-16(19)11-12-33(15)27(34)23-14-21(17-7-8-17)24-26(30-23)32(2)25(31-24)20-10-9-18(28)13-22(20)29/h3-6,9-10,13-15,17H,7-8,11-12H2,1-2H3. The fourth-order valence-electron chi connectivity index (χ4n) is 5.10. The van der Waals surface area contributed by atoms with E-state index in [1.54, 1.807) is 16.7 Å². The monoisotopic (exact) mass is 518 g/mol. The molecule has 2 aromatic carbocycles. The fourth-order valence-corrected chi connectivity index (χ4v) is 5.43. The van der Waals surface area contributed by atoms with Gasteiger partial charge in [0.25, 0.3) is 5.91 Å². The van der Waals surface area contributed by atoms with E-state index in [0.717, 1.165) is 30.3 Å². The number of pyridine rings is 1. The summed E-state index contributed by atoms with van der Waals surface area (Å²) in [6.07, 6.45) is 2.97. The molecule has 1 amide bonds. The Morgan fingerprint density at radius 2 is 1.88 bits per heavy atom. The number of carbonyl (C=O) groups excluding carboxylic acids is 1. The first-order valence-corrected chi connectivity index (χ1v) is 12.4. The normalized spacial score (nSPS) is 17.8. The zero-order chi connectivity index (χ0) is 23.6. The Labute approximate surface area is 205 Å². The highest BCUT2D eigenvalue weighted by Gasteiger charge is 2.33. The molecule has 1 atom stereocenters. The van der Waals surface area contributed by atoms with Crippen molar-refractivity contribution in [2.45, 2.75) is 38.1 Å². The first-order valence-electron chi connectivity index (χ1n) is 11.6. The summed E-state index contributed by atoms with van der Waals surface area (Å²) >= 11 is 3.32. The summed E-state index contributed by atoms with van der Waals surface area (Å²) < 4.78 is 17.2. The summed E-state index contributed by atoms with van der Waals surface area (Å²) in [7, 11) is 1.84. The van der Waals surface area contributed by atoms with Crippen LogP contribution in [0.3, 0.4) is 0 Å². The molecule has 5 nitrogen and oxygen atoms in total. The maximum atomic E-state index is 14.8. The minimum atomic E-state index is -0.349. The van der Waals surface area contributed by atoms with Gasteiger partial charge in [-0.1, -0.05) is 40.2 Å². The van der Waals surface area contributed by atoms with Crippen LogP contribution in [0, 0.1) is 5.82 Å². The van der Waals surface area contributed by atoms with Gasteiger partial charge in [0.15, 0.2) is 5.65 Å². The smallest absolute Gasteiger partial charge is 0.273 e. The number of carbonyl (C=O) groups is 1. The Balaban J connectivity index is 1.45. The number of nitrogens with zero attached hydrogens (tertiary/aromatic N) is 4. The van der Waals surface area contributed by atoms with E-state index in [2.05, 4.69) is 41.1 Å². The lowest BCUT2D eigenvalue weighted by molar-refractivity contribution is 0.0672. The molecule has 0 radical (unpaired) electrons. The van der Waals surface area contributed by atoms with Gasteiger partial charge in [-0.3, -0.25) is 4.79 Å². The molecule has 0 bridgehead atoms. The van der Waals surface area contributed by atoms with Crippen molar-refractivity contribution < 1.29 is 9.18 Å². The predicted octanol–water partition coefficient (Wildman–Crippen LogP) is 6.17. The van der Waals surface area contributed by atoms with Gasteiger partial charge in [0.2, 0.25) is 0 Å². The zero-order valence-corrected chi connectivity index (χ0v) is 20.6. The summed E-state index contributed by atoms with van der Waals surface area (Å²) in [5.74, 6) is 0.467. The molecule has 0 saturated heterocycles. The Kier molecular flexibility index (Phi) is 5.06. The molecule has 4 aromatic rings. The summed E-state index contributed by atoms with van der Waals surface area (Å²) in [6.45, 7) is 2.74. The summed E-state index contributed by atoms with van der Waals surface area (Å²) in [4.78, 5) is 25.2. The number of amides is 1. The van der Waals surface area contributed by atoms with Crippen molar-refractivity contribution in [3.05, 3.63) is 81.2 Å². The van der Waals surface area contributed by atoms with Crippen LogP contribution in [0.1, 0.15) is 58.9 Å². The van der Waals surface area contributed by atoms with Crippen LogP contribution in [0.15, 0.2) is 53.0 Å². The number of hydrogen-bond acceptors (Lipinski definition) is 3. The second kappa shape index (κ2) is 8.01. The van der Waals surface area contributed by atoms with Crippen LogP contribution in [0.2, 0.25) is 0 Å². The van der Waals surface area contributed by atoms with E-state index in [0.29, 0.717) is 39.7 Å². The molecular formula is C27H24BrFN4O. The van der Waals surface area contributed by atoms with Gasteiger partial charge in [0.05, 0.1) is 11.6 Å². The van der Waals surface area contributed by atoms with Gasteiger partial charge < -0.3 is 9.47 Å². The molecule has 7 heteroatoms. The number of rotatable bonds is 3. The zero-order valence-electron chi connectivity index (χ0n) is 19.1. The maximum absolute atomic E-state index is 14.8. The van der Waals surface area contributed by atoms with Crippen molar-refractivity contribution in [3.8, 4) is 11.4 Å². The predicted molar refractivity (Wildman–Crippen MR) is 133 cm³/mol. The van der Waals surface area contributed by atoms with Crippen molar-refractivity contribution >= 4 is 33.0 Å². The van der Waals surface area contributed by atoms with Crippen LogP contribution in [0.25, 0.3) is 22.6 Å². The third kappa shape index (κ3) is 3.45. The topological polar surface area (TPSA) is 51.0 Å². The largest absolute Gasteiger partial charge is 0.330 e. The molecule has 34 heavy (non-hydrogen) atoms. The molecule has 1 aliphatic heterocycles. The number of halogens is 2. The van der Waals surface area contributed by atoms with Gasteiger partial charge >= 0.3 is 0 Å². The molecule has 172 valence electrons. The highest BCUT2D eigenvalue weighted by Crippen LogP contribution is 2.44. The van der Waals surface area contributed by atoms with Crippen LogP contribution in [-0.2, 0) is 13.5 Å². The molecule has 1 aliphatic carbocycles. The van der Waals surface area contributed by atoms with Crippen molar-refractivity contribution in [3.63, 3.8) is 0 Å². The summed E-state index contributed by atoms with van der Waals surface area (Å²) in [6, 6.07) is 15.2. The Morgan fingerprint density at radius 1 is 1.09 bits per heavy atom. The number of benzene rings is 2. The van der Waals surface area contributed by atoms with Gasteiger partial charge in [0, 0.05) is 18.1 Å². The number of imidazole rings is 1. The van der Waals surface area contributed by atoms with Crippen molar-refractivity contribution in [2.24, 2.45) is 7.05 Å². The lowest BCUT2D eigenvalue weighted by Crippen LogP contribution is -2.39. The van der Waals surface area contributed by atoms with Crippen molar-refractivity contribution in [2.75, 3.05) is 6.54 Å². The third-order valence-corrected chi connectivity index (χ3v) is 7.61. The number of aromatic nitrogens is 3. The second-order valence-corrected chi connectivity index (χ2v) is 10.2. The second-order valence-electron chi connectivity index (χ2n) is 9.29. The van der Waals surface area contributed by atoms with E-state index in [9.17, 15) is 9.18 Å². The number of aryl methyl sites for hydroxylation is 1. The lowest BCUT2D eigenvalue weighted by atomic mass is 9.93. The molecular weight excluding hydrogens is 495 g/mol. The van der Waals surface area contributed by atoms with Crippen molar-refractivity contribution in [1.82, 2.24) is 19.4 Å². The van der Waals surface area contributed by atoms with Crippen LogP contribution < -0.4 is 0 Å². The van der Waals surface area contributed by atoms with Crippen LogP contribution in [-0.4, -0.2) is 31.9 Å². The Morgan fingerprint density at radius 3 is 2.65 bits per heavy atom. The van der Waals surface area contributed by atoms with Gasteiger partial charge in [-0.2, -0.15) is 0 Å². The molecule has 3 heterocycles. The molecule has 2 aliphatic rings. The van der Waals surface area contributed by atoms with Crippen molar-refractivity contribution in [1.29, 1.82) is 0 Å². The van der Waals surface area contributed by atoms with Crippen LogP contribution >= 0.6 is 15.9 Å². The van der Waals surface area contributed by atoms with Crippen LogP contribution in [0.4, 0.5) is 4.39 Å². The van der Waals surface area contributed by atoms with Gasteiger partial charge in [-0.05, 0) is 73.1 Å². The Hall–Kier alpha value is -3.06. The molecule has 2 aromatic heterocycles. The summed E-state index contributed by atoms with van der Waals surface area (Å²) in [5, 5.41) is 0. The molecule has 1 saturated carbocycles. The minimum Gasteiger partial charge on any atom is -0.330 e. The van der Waals surface area contributed by atoms with E-state index < -0.39 is 0 Å². The number of hydrogen-bond donors (Lipinski definition) is 0. The van der Waals surface area contributed by atoms with E-state index in [4.69, 9.17) is 9.97 Å². The summed E-state index contributed by atoms with van der Waals surface area (Å²) in [5.41, 5.74) is 5.77. The lowest BCUT2D eigenvalue weighted by Gasteiger charge is -2.35. The first-order chi connectivity index (χ1) is 16.4. The first kappa shape index (κ1) is 21.5. The SMILES string of the molecule is CC1c2ccccc2CCN1C(=O)c1cc(C2CC2)c2nc(-c3ccc(Br)cc3F)n(C)c2n1. The van der Waals surface area contributed by atoms with Crippen LogP contribution in [0.5, 0.6) is 0 Å². The minimum absolute atomic E-state index is 0.0155. The molecule has 6 rings (SSSR count). The molecule has 1 fully saturated rings. The van der Waals surface area contributed by atoms with E-state index in [1.807, 2.05) is 24.1 Å². The van der Waals surface area contributed by atoms with Gasteiger partial charge in [0.1, 0.15) is 22.9 Å². The highest BCUT2D eigenvalue weighted by molar-refractivity contribution is 9.10. The van der Waals surface area contributed by atoms with E-state index in [1.165, 1.54) is 17.2 Å². The molecule has 1 unspecified atom stereocenters. The molecule has 0 spiro atoms. The highest BCUT2D eigenvalue weighted by atomic mass is 79.9.